The number of benzene rings is 2. The summed E-state index contributed by atoms with van der Waals surface area (Å²) in [6.07, 6.45) is 0. The molecule has 0 spiro atoms. The summed E-state index contributed by atoms with van der Waals surface area (Å²) in [7, 11) is 4.58. The molecule has 1 aromatic heterocycles. The van der Waals surface area contributed by atoms with Crippen molar-refractivity contribution in [3.63, 3.8) is 0 Å². The fraction of sp³-hybridized carbons (Fsp3) is 0.217. The van der Waals surface area contributed by atoms with Crippen LogP contribution in [0.2, 0.25) is 0 Å². The quantitative estimate of drug-likeness (QED) is 0.604. The molecular weight excluding hydrogens is 428 g/mol. The third kappa shape index (κ3) is 3.05. The van der Waals surface area contributed by atoms with Gasteiger partial charge in [-0.15, -0.1) is 5.10 Å². The number of hydrogen-bond donors (Lipinski definition) is 2. The number of nitrogens with one attached hydrogen (secondary N) is 1. The molecule has 10 nitrogen and oxygen atoms in total. The second-order valence-electron chi connectivity index (χ2n) is 7.23. The average Bonchev–Trinajstić information content (AvgIpc) is 3.48. The lowest BCUT2D eigenvalue weighted by Crippen LogP contribution is -2.21. The van der Waals surface area contributed by atoms with Gasteiger partial charge < -0.3 is 34.2 Å². The van der Waals surface area contributed by atoms with Crippen LogP contribution in [0.25, 0.3) is 11.3 Å². The van der Waals surface area contributed by atoms with Gasteiger partial charge in [-0.1, -0.05) is 6.07 Å². The summed E-state index contributed by atoms with van der Waals surface area (Å²) in [6.45, 7) is 0.159. The maximum absolute atomic E-state index is 10.0. The number of nitrogens with two attached hydrogens (primary N) is 1. The average molecular weight is 448 g/mol. The fourth-order valence-corrected chi connectivity index (χ4v) is 4.18. The molecule has 2 aliphatic heterocycles. The second kappa shape index (κ2) is 7.87. The summed E-state index contributed by atoms with van der Waals surface area (Å²) < 4.78 is 33.3. The third-order valence-corrected chi connectivity index (χ3v) is 5.65. The number of H-pyrrole nitrogens is 1. The van der Waals surface area contributed by atoms with E-state index in [1.807, 2.05) is 18.2 Å². The van der Waals surface area contributed by atoms with Crippen LogP contribution < -0.4 is 34.2 Å². The first-order valence-corrected chi connectivity index (χ1v) is 9.96. The number of ether oxygens (including phenoxy) is 6. The van der Waals surface area contributed by atoms with Crippen LogP contribution in [0.1, 0.15) is 17.0 Å². The summed E-state index contributed by atoms with van der Waals surface area (Å²) in [5, 5.41) is 17.3. The summed E-state index contributed by atoms with van der Waals surface area (Å²) in [5.74, 6) is 2.16. The minimum absolute atomic E-state index is 0.0319. The maximum atomic E-state index is 10.0. The molecule has 2 aromatic carbocycles. The van der Waals surface area contributed by atoms with Crippen molar-refractivity contribution in [2.45, 2.75) is 5.92 Å². The number of allylic oxidation sites excluding steroid dienone is 1. The zero-order chi connectivity index (χ0) is 23.1. The number of fused-ring (bicyclic) bond motifs is 2. The SMILES string of the molecule is COc1ccc([C@H]2C(C#N)=C(N)Oc3n[nH]c(-c4ccc5c(c4)OCO5)c32)c(OC)c1OC. The van der Waals surface area contributed by atoms with E-state index < -0.39 is 5.92 Å². The first-order valence-electron chi connectivity index (χ1n) is 9.96. The van der Waals surface area contributed by atoms with Crippen molar-refractivity contribution in [1.29, 1.82) is 5.26 Å². The van der Waals surface area contributed by atoms with Crippen LogP contribution in [-0.2, 0) is 0 Å². The van der Waals surface area contributed by atoms with Crippen molar-refractivity contribution in [3.8, 4) is 52.0 Å². The zero-order valence-electron chi connectivity index (χ0n) is 18.1. The van der Waals surface area contributed by atoms with E-state index in [2.05, 4.69) is 16.3 Å². The molecule has 0 amide bonds. The van der Waals surface area contributed by atoms with Crippen molar-refractivity contribution in [1.82, 2.24) is 10.2 Å². The first kappa shape index (κ1) is 20.4. The van der Waals surface area contributed by atoms with Gasteiger partial charge in [0.2, 0.25) is 24.3 Å². The van der Waals surface area contributed by atoms with Gasteiger partial charge in [0.05, 0.1) is 38.5 Å². The van der Waals surface area contributed by atoms with E-state index in [1.54, 1.807) is 12.1 Å². The Kier molecular flexibility index (Phi) is 4.86. The van der Waals surface area contributed by atoms with Crippen LogP contribution in [0.5, 0.6) is 34.6 Å². The van der Waals surface area contributed by atoms with Gasteiger partial charge in [0.15, 0.2) is 23.0 Å². The van der Waals surface area contributed by atoms with E-state index in [9.17, 15) is 5.26 Å². The normalized spacial score (nSPS) is 16.0. The summed E-state index contributed by atoms with van der Waals surface area (Å²) in [5.41, 5.74) is 9.03. The molecule has 5 rings (SSSR count). The molecule has 0 radical (unpaired) electrons. The minimum Gasteiger partial charge on any atom is -0.493 e. The van der Waals surface area contributed by atoms with E-state index in [4.69, 9.17) is 34.2 Å². The number of methoxy groups -OCH3 is 3. The van der Waals surface area contributed by atoms with Gasteiger partial charge in [0.25, 0.3) is 0 Å². The topological polar surface area (TPSA) is 134 Å². The van der Waals surface area contributed by atoms with Crippen molar-refractivity contribution in [3.05, 3.63) is 52.9 Å². The molecule has 10 heteroatoms. The van der Waals surface area contributed by atoms with E-state index in [0.717, 1.165) is 5.56 Å². The third-order valence-electron chi connectivity index (χ3n) is 5.65. The number of hydrogen-bond acceptors (Lipinski definition) is 9. The van der Waals surface area contributed by atoms with Crippen LogP contribution in [-0.4, -0.2) is 38.3 Å². The molecule has 1 atom stereocenters. The van der Waals surface area contributed by atoms with Crippen LogP contribution in [0.4, 0.5) is 0 Å². The zero-order valence-corrected chi connectivity index (χ0v) is 18.1. The molecule has 0 aliphatic carbocycles. The van der Waals surface area contributed by atoms with E-state index in [-0.39, 0.29) is 24.1 Å². The molecule has 0 fully saturated rings. The Morgan fingerprint density at radius 1 is 1.06 bits per heavy atom. The largest absolute Gasteiger partial charge is 0.493 e. The van der Waals surface area contributed by atoms with Gasteiger partial charge in [-0.05, 0) is 24.3 Å². The molecule has 3 N–H and O–H groups in total. The predicted octanol–water partition coefficient (Wildman–Crippen LogP) is 3.05. The molecule has 3 heterocycles. The van der Waals surface area contributed by atoms with Crippen molar-refractivity contribution in [2.75, 3.05) is 28.1 Å². The van der Waals surface area contributed by atoms with E-state index >= 15 is 0 Å². The smallest absolute Gasteiger partial charge is 0.244 e. The number of rotatable bonds is 5. The Bertz CT molecular complexity index is 1320. The Labute approximate surface area is 189 Å². The molecule has 168 valence electrons. The lowest BCUT2D eigenvalue weighted by atomic mass is 9.82. The fourth-order valence-electron chi connectivity index (χ4n) is 4.18. The summed E-state index contributed by atoms with van der Waals surface area (Å²) in [4.78, 5) is 0. The standard InChI is InChI=1S/C23H20N4O6/c1-28-15-7-5-12(20(29-2)21(15)30-3)17-13(9-24)22(25)33-23-18(17)19(26-27-23)11-4-6-14-16(8-11)32-10-31-14/h4-8,17H,10,25H2,1-3H3,(H,26,27)/t17-/m0/s1. The van der Waals surface area contributed by atoms with E-state index in [1.165, 1.54) is 21.3 Å². The number of nitriles is 1. The first-order chi connectivity index (χ1) is 16.1. The van der Waals surface area contributed by atoms with Gasteiger partial charge in [0.1, 0.15) is 11.6 Å². The highest BCUT2D eigenvalue weighted by Gasteiger charge is 2.38. The number of aromatic amines is 1. The van der Waals surface area contributed by atoms with Crippen molar-refractivity contribution < 1.29 is 28.4 Å². The monoisotopic (exact) mass is 448 g/mol. The van der Waals surface area contributed by atoms with Gasteiger partial charge >= 0.3 is 0 Å². The highest BCUT2D eigenvalue weighted by Crippen LogP contribution is 2.52. The number of nitrogens with zero attached hydrogens (tertiary/aromatic N) is 2. The van der Waals surface area contributed by atoms with Crippen molar-refractivity contribution in [2.24, 2.45) is 5.73 Å². The van der Waals surface area contributed by atoms with Crippen LogP contribution >= 0.6 is 0 Å². The van der Waals surface area contributed by atoms with Crippen molar-refractivity contribution >= 4 is 0 Å². The van der Waals surface area contributed by atoms with Gasteiger partial charge in [0, 0.05) is 11.1 Å². The van der Waals surface area contributed by atoms with E-state index in [0.29, 0.717) is 45.6 Å². The molecule has 0 unspecified atom stereocenters. The van der Waals surface area contributed by atoms with Crippen LogP contribution in [0, 0.1) is 11.3 Å². The molecule has 3 aromatic rings. The molecule has 33 heavy (non-hydrogen) atoms. The Morgan fingerprint density at radius 2 is 1.85 bits per heavy atom. The Hall–Kier alpha value is -4.52. The van der Waals surface area contributed by atoms with Gasteiger partial charge in [-0.2, -0.15) is 5.26 Å². The Morgan fingerprint density at radius 3 is 2.58 bits per heavy atom. The molecule has 0 saturated carbocycles. The lowest BCUT2D eigenvalue weighted by molar-refractivity contribution is 0.174. The summed E-state index contributed by atoms with van der Waals surface area (Å²) >= 11 is 0. The number of aromatic nitrogens is 2. The minimum atomic E-state index is -0.646. The van der Waals surface area contributed by atoms with Crippen LogP contribution in [0.3, 0.4) is 0 Å². The lowest BCUT2D eigenvalue weighted by Gasteiger charge is -2.26. The highest BCUT2D eigenvalue weighted by atomic mass is 16.7. The molecule has 0 saturated heterocycles. The molecular formula is C23H20N4O6. The van der Waals surface area contributed by atoms with Gasteiger partial charge in [-0.25, -0.2) is 0 Å². The molecule has 2 aliphatic rings. The highest BCUT2D eigenvalue weighted by molar-refractivity contribution is 5.74. The second-order valence-corrected chi connectivity index (χ2v) is 7.23. The predicted molar refractivity (Wildman–Crippen MR) is 116 cm³/mol. The summed E-state index contributed by atoms with van der Waals surface area (Å²) in [6, 6.07) is 11.3. The maximum Gasteiger partial charge on any atom is 0.244 e. The Balaban J connectivity index is 1.75. The van der Waals surface area contributed by atoms with Gasteiger partial charge in [-0.3, -0.25) is 5.10 Å². The van der Waals surface area contributed by atoms with Crippen LogP contribution in [0.15, 0.2) is 41.8 Å². The molecule has 0 bridgehead atoms.